The van der Waals surface area contributed by atoms with Crippen molar-refractivity contribution >= 4 is 0 Å². The van der Waals surface area contributed by atoms with Gasteiger partial charge in [-0.2, -0.15) is 13.2 Å². The van der Waals surface area contributed by atoms with Gasteiger partial charge in [0.05, 0.1) is 18.8 Å². The number of halogens is 3. The largest absolute Gasteiger partial charge is 0.493 e. The smallest absolute Gasteiger partial charge is 0.419 e. The van der Waals surface area contributed by atoms with Gasteiger partial charge in [0.2, 0.25) is 0 Å². The zero-order valence-electron chi connectivity index (χ0n) is 11.2. The molecule has 0 unspecified atom stereocenters. The van der Waals surface area contributed by atoms with Crippen LogP contribution in [0.25, 0.3) is 0 Å². The van der Waals surface area contributed by atoms with Gasteiger partial charge in [0.1, 0.15) is 5.75 Å². The molecule has 0 aromatic heterocycles. The first-order chi connectivity index (χ1) is 10.0. The Morgan fingerprint density at radius 2 is 1.67 bits per heavy atom. The SMILES string of the molecule is OCc1ccc(OCCc2ccccc2)c(C(F)(F)F)c1. The average Bonchev–Trinajstić information content (AvgIpc) is 2.47. The standard InChI is InChI=1S/C16H15F3O2/c17-16(18,19)14-10-13(11-20)6-7-15(14)21-9-8-12-4-2-1-3-5-12/h1-7,10,20H,8-9,11H2. The van der Waals surface area contributed by atoms with Crippen LogP contribution in [0.3, 0.4) is 0 Å². The molecule has 0 saturated carbocycles. The molecule has 0 fully saturated rings. The summed E-state index contributed by atoms with van der Waals surface area (Å²) in [6.07, 6.45) is -3.98. The highest BCUT2D eigenvalue weighted by atomic mass is 19.4. The van der Waals surface area contributed by atoms with Crippen LogP contribution in [0.1, 0.15) is 16.7 Å². The van der Waals surface area contributed by atoms with E-state index in [9.17, 15) is 13.2 Å². The van der Waals surface area contributed by atoms with Crippen LogP contribution < -0.4 is 4.74 Å². The van der Waals surface area contributed by atoms with Gasteiger partial charge in [-0.1, -0.05) is 36.4 Å². The van der Waals surface area contributed by atoms with E-state index in [2.05, 4.69) is 0 Å². The number of alkyl halides is 3. The zero-order chi connectivity index (χ0) is 15.3. The van der Waals surface area contributed by atoms with Gasteiger partial charge < -0.3 is 9.84 Å². The van der Waals surface area contributed by atoms with Crippen molar-refractivity contribution < 1.29 is 23.0 Å². The van der Waals surface area contributed by atoms with Gasteiger partial charge in [-0.15, -0.1) is 0 Å². The molecule has 2 aromatic rings. The number of ether oxygens (including phenoxy) is 1. The Hall–Kier alpha value is -2.01. The van der Waals surface area contributed by atoms with Crippen molar-refractivity contribution in [1.29, 1.82) is 0 Å². The Labute approximate surface area is 120 Å². The third-order valence-corrected chi connectivity index (χ3v) is 3.02. The maximum absolute atomic E-state index is 13.0. The predicted octanol–water partition coefficient (Wildman–Crippen LogP) is 3.82. The van der Waals surface area contributed by atoms with Crippen molar-refractivity contribution in [1.82, 2.24) is 0 Å². The predicted molar refractivity (Wildman–Crippen MR) is 73.0 cm³/mol. The van der Waals surface area contributed by atoms with E-state index < -0.39 is 18.3 Å². The summed E-state index contributed by atoms with van der Waals surface area (Å²) in [6.45, 7) is -0.279. The van der Waals surface area contributed by atoms with E-state index in [0.29, 0.717) is 6.42 Å². The van der Waals surface area contributed by atoms with Gasteiger partial charge in [0.15, 0.2) is 0 Å². The van der Waals surface area contributed by atoms with Crippen LogP contribution >= 0.6 is 0 Å². The fraction of sp³-hybridized carbons (Fsp3) is 0.250. The second kappa shape index (κ2) is 6.63. The first-order valence-electron chi connectivity index (χ1n) is 6.48. The molecule has 0 saturated heterocycles. The second-order valence-corrected chi connectivity index (χ2v) is 4.57. The normalized spacial score (nSPS) is 11.4. The van der Waals surface area contributed by atoms with Gasteiger partial charge in [-0.25, -0.2) is 0 Å². The molecule has 0 amide bonds. The van der Waals surface area contributed by atoms with Gasteiger partial charge in [-0.3, -0.25) is 0 Å². The molecular formula is C16H15F3O2. The summed E-state index contributed by atoms with van der Waals surface area (Å²) in [6, 6.07) is 13.0. The molecule has 112 valence electrons. The lowest BCUT2D eigenvalue weighted by atomic mass is 10.1. The number of benzene rings is 2. The van der Waals surface area contributed by atoms with Crippen molar-refractivity contribution in [3.63, 3.8) is 0 Å². The number of hydrogen-bond donors (Lipinski definition) is 1. The molecule has 0 atom stereocenters. The zero-order valence-corrected chi connectivity index (χ0v) is 11.2. The highest BCUT2D eigenvalue weighted by Gasteiger charge is 2.34. The lowest BCUT2D eigenvalue weighted by Crippen LogP contribution is -2.11. The average molecular weight is 296 g/mol. The quantitative estimate of drug-likeness (QED) is 0.909. The van der Waals surface area contributed by atoms with Gasteiger partial charge in [0, 0.05) is 6.42 Å². The molecular weight excluding hydrogens is 281 g/mol. The Kier molecular flexibility index (Phi) is 4.85. The van der Waals surface area contributed by atoms with Crippen LogP contribution in [0, 0.1) is 0 Å². The minimum Gasteiger partial charge on any atom is -0.493 e. The Morgan fingerprint density at radius 3 is 2.29 bits per heavy atom. The van der Waals surface area contributed by atoms with Crippen molar-refractivity contribution in [3.8, 4) is 5.75 Å². The van der Waals surface area contributed by atoms with E-state index in [1.807, 2.05) is 30.3 Å². The molecule has 21 heavy (non-hydrogen) atoms. The second-order valence-electron chi connectivity index (χ2n) is 4.57. The molecule has 0 aliphatic heterocycles. The molecule has 2 aromatic carbocycles. The first-order valence-corrected chi connectivity index (χ1v) is 6.48. The minimum absolute atomic E-state index is 0.158. The van der Waals surface area contributed by atoms with Crippen LogP contribution in [-0.4, -0.2) is 11.7 Å². The van der Waals surface area contributed by atoms with E-state index >= 15 is 0 Å². The fourth-order valence-corrected chi connectivity index (χ4v) is 1.95. The van der Waals surface area contributed by atoms with E-state index in [1.165, 1.54) is 12.1 Å². The van der Waals surface area contributed by atoms with Crippen LogP contribution in [0.2, 0.25) is 0 Å². The van der Waals surface area contributed by atoms with Crippen molar-refractivity contribution in [2.75, 3.05) is 6.61 Å². The number of aliphatic hydroxyl groups is 1. The lowest BCUT2D eigenvalue weighted by molar-refractivity contribution is -0.139. The van der Waals surface area contributed by atoms with Gasteiger partial charge in [0.25, 0.3) is 0 Å². The van der Waals surface area contributed by atoms with Crippen LogP contribution in [0.5, 0.6) is 5.75 Å². The Morgan fingerprint density at radius 1 is 0.952 bits per heavy atom. The Bertz CT molecular complexity index is 580. The molecule has 5 heteroatoms. The van der Waals surface area contributed by atoms with Crippen molar-refractivity contribution in [2.45, 2.75) is 19.2 Å². The third-order valence-electron chi connectivity index (χ3n) is 3.02. The Balaban J connectivity index is 2.09. The molecule has 0 radical (unpaired) electrons. The molecule has 0 spiro atoms. The van der Waals surface area contributed by atoms with E-state index in [-0.39, 0.29) is 17.9 Å². The van der Waals surface area contributed by atoms with Gasteiger partial charge in [-0.05, 0) is 23.3 Å². The summed E-state index contributed by atoms with van der Waals surface area (Å²) in [5.41, 5.74) is 0.345. The summed E-state index contributed by atoms with van der Waals surface area (Å²) in [5.74, 6) is -0.212. The molecule has 0 heterocycles. The lowest BCUT2D eigenvalue weighted by Gasteiger charge is -2.15. The fourth-order valence-electron chi connectivity index (χ4n) is 1.95. The summed E-state index contributed by atoms with van der Waals surface area (Å²) >= 11 is 0. The molecule has 0 aliphatic carbocycles. The molecule has 2 rings (SSSR count). The van der Waals surface area contributed by atoms with Gasteiger partial charge >= 0.3 is 6.18 Å². The minimum atomic E-state index is -4.51. The molecule has 1 N–H and O–H groups in total. The summed E-state index contributed by atoms with van der Waals surface area (Å²) in [4.78, 5) is 0. The third kappa shape index (κ3) is 4.23. The van der Waals surface area contributed by atoms with Crippen LogP contribution in [0.15, 0.2) is 48.5 Å². The summed E-state index contributed by atoms with van der Waals surface area (Å²) in [7, 11) is 0. The van der Waals surface area contributed by atoms with Crippen LogP contribution in [0.4, 0.5) is 13.2 Å². The first kappa shape index (κ1) is 15.4. The number of aliphatic hydroxyl groups excluding tert-OH is 1. The van der Waals surface area contributed by atoms with Crippen LogP contribution in [-0.2, 0) is 19.2 Å². The van der Waals surface area contributed by atoms with E-state index in [1.54, 1.807) is 0 Å². The summed E-state index contributed by atoms with van der Waals surface area (Å²) in [5, 5.41) is 8.94. The monoisotopic (exact) mass is 296 g/mol. The number of rotatable bonds is 5. The van der Waals surface area contributed by atoms with E-state index in [0.717, 1.165) is 11.6 Å². The van der Waals surface area contributed by atoms with Crippen molar-refractivity contribution in [3.05, 3.63) is 65.2 Å². The number of hydrogen-bond acceptors (Lipinski definition) is 2. The summed E-state index contributed by atoms with van der Waals surface area (Å²) < 4.78 is 44.1. The molecule has 2 nitrogen and oxygen atoms in total. The van der Waals surface area contributed by atoms with E-state index in [4.69, 9.17) is 9.84 Å². The highest BCUT2D eigenvalue weighted by Crippen LogP contribution is 2.36. The topological polar surface area (TPSA) is 29.5 Å². The molecule has 0 bridgehead atoms. The maximum Gasteiger partial charge on any atom is 0.419 e. The van der Waals surface area contributed by atoms with Crippen molar-refractivity contribution in [2.24, 2.45) is 0 Å². The molecule has 0 aliphatic rings. The highest BCUT2D eigenvalue weighted by molar-refractivity contribution is 5.39. The maximum atomic E-state index is 13.0.